The van der Waals surface area contributed by atoms with Crippen LogP contribution in [0.2, 0.25) is 0 Å². The first kappa shape index (κ1) is 19.6. The molecule has 0 bridgehead atoms. The van der Waals surface area contributed by atoms with Crippen LogP contribution in [0.3, 0.4) is 0 Å². The van der Waals surface area contributed by atoms with Gasteiger partial charge in [-0.15, -0.1) is 0 Å². The number of Topliss-reactive ketones (excluding diaryl/α,β-unsaturated/α-hetero) is 1. The number of alkyl halides is 2. The number of ether oxygens (including phenoxy) is 1. The van der Waals surface area contributed by atoms with E-state index in [4.69, 9.17) is 0 Å². The van der Waals surface area contributed by atoms with Crippen LogP contribution in [0.4, 0.5) is 8.78 Å². The van der Waals surface area contributed by atoms with Crippen LogP contribution in [-0.4, -0.2) is 18.3 Å². The molecule has 2 rings (SSSR count). The van der Waals surface area contributed by atoms with Gasteiger partial charge in [-0.25, -0.2) is 0 Å². The van der Waals surface area contributed by atoms with E-state index in [0.29, 0.717) is 5.56 Å². The Labute approximate surface area is 151 Å². The van der Waals surface area contributed by atoms with Gasteiger partial charge >= 0.3 is 6.61 Å². The molecule has 0 fully saturated rings. The SMILES string of the molecule is CCc1ccc(C(=O)CCC(=O)NCc2ccc(OC(F)F)cc2)cc1. The number of hydrogen-bond acceptors (Lipinski definition) is 3. The Bertz CT molecular complexity index is 728. The van der Waals surface area contributed by atoms with E-state index >= 15 is 0 Å². The molecule has 0 heterocycles. The van der Waals surface area contributed by atoms with Gasteiger partial charge in [0, 0.05) is 24.9 Å². The fourth-order valence-electron chi connectivity index (χ4n) is 2.38. The zero-order chi connectivity index (χ0) is 18.9. The summed E-state index contributed by atoms with van der Waals surface area (Å²) in [6.07, 6.45) is 1.14. The number of rotatable bonds is 9. The second-order valence-corrected chi connectivity index (χ2v) is 5.77. The predicted molar refractivity (Wildman–Crippen MR) is 94.3 cm³/mol. The topological polar surface area (TPSA) is 55.4 Å². The molecule has 26 heavy (non-hydrogen) atoms. The third-order valence-corrected chi connectivity index (χ3v) is 3.90. The average Bonchev–Trinajstić information content (AvgIpc) is 2.65. The quantitative estimate of drug-likeness (QED) is 0.683. The summed E-state index contributed by atoms with van der Waals surface area (Å²) < 4.78 is 28.4. The van der Waals surface area contributed by atoms with Gasteiger partial charge in [-0.3, -0.25) is 9.59 Å². The van der Waals surface area contributed by atoms with Gasteiger partial charge < -0.3 is 10.1 Å². The number of halogens is 2. The first-order valence-corrected chi connectivity index (χ1v) is 8.40. The van der Waals surface area contributed by atoms with E-state index in [0.717, 1.165) is 17.5 Å². The van der Waals surface area contributed by atoms with Gasteiger partial charge in [-0.1, -0.05) is 43.3 Å². The lowest BCUT2D eigenvalue weighted by atomic mass is 10.0. The molecule has 0 unspecified atom stereocenters. The zero-order valence-corrected chi connectivity index (χ0v) is 14.5. The molecule has 0 spiro atoms. The number of benzene rings is 2. The molecule has 0 aromatic heterocycles. The highest BCUT2D eigenvalue weighted by molar-refractivity contribution is 5.97. The van der Waals surface area contributed by atoms with Crippen molar-refractivity contribution in [1.82, 2.24) is 5.32 Å². The minimum absolute atomic E-state index is 0.0646. The van der Waals surface area contributed by atoms with Gasteiger partial charge in [0.05, 0.1) is 0 Å². The van der Waals surface area contributed by atoms with E-state index < -0.39 is 6.61 Å². The highest BCUT2D eigenvalue weighted by atomic mass is 19.3. The molecule has 0 atom stereocenters. The smallest absolute Gasteiger partial charge is 0.387 e. The molecular formula is C20H21F2NO3. The van der Waals surface area contributed by atoms with Crippen LogP contribution in [0.25, 0.3) is 0 Å². The van der Waals surface area contributed by atoms with Crippen LogP contribution in [0.5, 0.6) is 5.75 Å². The summed E-state index contributed by atoms with van der Waals surface area (Å²) in [5.41, 5.74) is 2.51. The molecular weight excluding hydrogens is 340 g/mol. The predicted octanol–water partition coefficient (Wildman–Crippen LogP) is 4.13. The van der Waals surface area contributed by atoms with Crippen molar-refractivity contribution in [2.45, 2.75) is 39.3 Å². The maximum absolute atomic E-state index is 12.1. The van der Waals surface area contributed by atoms with Crippen molar-refractivity contribution in [3.63, 3.8) is 0 Å². The first-order valence-electron chi connectivity index (χ1n) is 8.40. The van der Waals surface area contributed by atoms with Crippen molar-refractivity contribution < 1.29 is 23.1 Å². The third kappa shape index (κ3) is 6.27. The molecule has 1 N–H and O–H groups in total. The Morgan fingerprint density at radius 3 is 2.15 bits per heavy atom. The first-order chi connectivity index (χ1) is 12.5. The van der Waals surface area contributed by atoms with Gasteiger partial charge in [-0.2, -0.15) is 8.78 Å². The molecule has 0 saturated carbocycles. The summed E-state index contributed by atoms with van der Waals surface area (Å²) in [7, 11) is 0. The normalized spacial score (nSPS) is 10.6. The van der Waals surface area contributed by atoms with E-state index in [1.807, 2.05) is 19.1 Å². The van der Waals surface area contributed by atoms with Crippen LogP contribution in [0.15, 0.2) is 48.5 Å². The van der Waals surface area contributed by atoms with E-state index in [2.05, 4.69) is 10.1 Å². The van der Waals surface area contributed by atoms with E-state index in [1.54, 1.807) is 24.3 Å². The van der Waals surface area contributed by atoms with Gasteiger partial charge in [0.1, 0.15) is 5.75 Å². The number of carbonyl (C=O) groups is 2. The monoisotopic (exact) mass is 361 g/mol. The van der Waals surface area contributed by atoms with E-state index in [1.165, 1.54) is 12.1 Å². The minimum atomic E-state index is -2.86. The number of aryl methyl sites for hydroxylation is 1. The van der Waals surface area contributed by atoms with Crippen LogP contribution >= 0.6 is 0 Å². The fraction of sp³-hybridized carbons (Fsp3) is 0.300. The Morgan fingerprint density at radius 1 is 0.962 bits per heavy atom. The lowest BCUT2D eigenvalue weighted by Gasteiger charge is -2.07. The lowest BCUT2D eigenvalue weighted by Crippen LogP contribution is -2.23. The van der Waals surface area contributed by atoms with Gasteiger partial charge in [-0.05, 0) is 29.7 Å². The molecule has 6 heteroatoms. The van der Waals surface area contributed by atoms with Crippen LogP contribution < -0.4 is 10.1 Å². The summed E-state index contributed by atoms with van der Waals surface area (Å²) in [4.78, 5) is 24.0. The molecule has 0 aliphatic heterocycles. The van der Waals surface area contributed by atoms with Gasteiger partial charge in [0.2, 0.25) is 5.91 Å². The lowest BCUT2D eigenvalue weighted by molar-refractivity contribution is -0.121. The van der Waals surface area contributed by atoms with Crippen molar-refractivity contribution >= 4 is 11.7 Å². The second-order valence-electron chi connectivity index (χ2n) is 5.77. The minimum Gasteiger partial charge on any atom is -0.435 e. The maximum atomic E-state index is 12.1. The second kappa shape index (κ2) is 9.65. The Balaban J connectivity index is 1.75. The number of hydrogen-bond donors (Lipinski definition) is 1. The fourth-order valence-corrected chi connectivity index (χ4v) is 2.38. The molecule has 138 valence electrons. The van der Waals surface area contributed by atoms with Crippen molar-refractivity contribution in [3.05, 3.63) is 65.2 Å². The molecule has 4 nitrogen and oxygen atoms in total. The van der Waals surface area contributed by atoms with E-state index in [-0.39, 0.29) is 36.8 Å². The van der Waals surface area contributed by atoms with Crippen molar-refractivity contribution in [2.24, 2.45) is 0 Å². The molecule has 1 amide bonds. The largest absolute Gasteiger partial charge is 0.435 e. The number of carbonyl (C=O) groups excluding carboxylic acids is 2. The summed E-state index contributed by atoms with van der Waals surface area (Å²) in [5, 5.41) is 2.70. The summed E-state index contributed by atoms with van der Waals surface area (Å²) in [6.45, 7) is -0.565. The van der Waals surface area contributed by atoms with Gasteiger partial charge in [0.25, 0.3) is 0 Å². The van der Waals surface area contributed by atoms with Gasteiger partial charge in [0.15, 0.2) is 5.78 Å². The van der Waals surface area contributed by atoms with Crippen LogP contribution in [-0.2, 0) is 17.8 Å². The molecule has 0 aliphatic carbocycles. The van der Waals surface area contributed by atoms with Crippen molar-refractivity contribution in [1.29, 1.82) is 0 Å². The molecule has 0 saturated heterocycles. The molecule has 0 radical (unpaired) electrons. The van der Waals surface area contributed by atoms with Crippen molar-refractivity contribution in [2.75, 3.05) is 0 Å². The summed E-state index contributed by atoms with van der Waals surface area (Å²) in [5.74, 6) is -0.248. The highest BCUT2D eigenvalue weighted by Crippen LogP contribution is 2.15. The van der Waals surface area contributed by atoms with Crippen LogP contribution in [0, 0.1) is 0 Å². The third-order valence-electron chi connectivity index (χ3n) is 3.90. The molecule has 2 aromatic rings. The summed E-state index contributed by atoms with van der Waals surface area (Å²) in [6, 6.07) is 13.4. The van der Waals surface area contributed by atoms with Crippen molar-refractivity contribution in [3.8, 4) is 5.75 Å². The summed E-state index contributed by atoms with van der Waals surface area (Å²) >= 11 is 0. The standard InChI is InChI=1S/C20H21F2NO3/c1-2-14-3-7-16(8-4-14)18(24)11-12-19(25)23-13-15-5-9-17(10-6-15)26-20(21)22/h3-10,20H,2,11-13H2,1H3,(H,23,25). The Hall–Kier alpha value is -2.76. The number of nitrogens with one attached hydrogen (secondary N) is 1. The average molecular weight is 361 g/mol. The maximum Gasteiger partial charge on any atom is 0.387 e. The molecule has 2 aromatic carbocycles. The Kier molecular flexibility index (Phi) is 7.26. The van der Waals surface area contributed by atoms with E-state index in [9.17, 15) is 18.4 Å². The highest BCUT2D eigenvalue weighted by Gasteiger charge is 2.09. The van der Waals surface area contributed by atoms with Crippen LogP contribution in [0.1, 0.15) is 41.3 Å². The molecule has 0 aliphatic rings. The number of ketones is 1. The Morgan fingerprint density at radius 2 is 1.58 bits per heavy atom. The number of amides is 1. The zero-order valence-electron chi connectivity index (χ0n) is 14.5.